The number of piperidine rings is 1. The van der Waals surface area contributed by atoms with Crippen molar-refractivity contribution in [1.82, 2.24) is 15.6 Å². The summed E-state index contributed by atoms with van der Waals surface area (Å²) in [7, 11) is 0. The number of nitrogens with one attached hydrogen (secondary N) is 2. The normalized spacial score (nSPS) is 19.4. The maximum absolute atomic E-state index is 11.8. The zero-order valence-corrected chi connectivity index (χ0v) is 11.2. The number of amides is 2. The Labute approximate surface area is 110 Å². The average molecular weight is 267 g/mol. The first-order valence-electron chi connectivity index (χ1n) is 6.10. The van der Waals surface area contributed by atoms with Crippen LogP contribution >= 0.6 is 11.3 Å². The highest BCUT2D eigenvalue weighted by Crippen LogP contribution is 2.11. The van der Waals surface area contributed by atoms with Crippen LogP contribution in [0.25, 0.3) is 0 Å². The molecule has 1 atom stereocenters. The molecule has 2 heterocycles. The monoisotopic (exact) mass is 267 g/mol. The first kappa shape index (κ1) is 13.0. The second-order valence-electron chi connectivity index (χ2n) is 4.44. The number of hydrogen-bond donors (Lipinski definition) is 2. The summed E-state index contributed by atoms with van der Waals surface area (Å²) >= 11 is 1.62. The van der Waals surface area contributed by atoms with Crippen LogP contribution in [-0.4, -0.2) is 29.9 Å². The topological polar surface area (TPSA) is 71.1 Å². The third kappa shape index (κ3) is 3.53. The Bertz CT molecular complexity index is 434. The molecule has 0 radical (unpaired) electrons. The van der Waals surface area contributed by atoms with E-state index in [9.17, 15) is 9.59 Å². The summed E-state index contributed by atoms with van der Waals surface area (Å²) in [6, 6.07) is 0. The van der Waals surface area contributed by atoms with Crippen LogP contribution in [0.1, 0.15) is 23.5 Å². The van der Waals surface area contributed by atoms with Gasteiger partial charge < -0.3 is 10.6 Å². The largest absolute Gasteiger partial charge is 0.355 e. The zero-order chi connectivity index (χ0) is 13.0. The minimum absolute atomic E-state index is 0.0296. The van der Waals surface area contributed by atoms with E-state index in [1.807, 2.05) is 12.3 Å². The molecule has 0 unspecified atom stereocenters. The molecule has 1 aliphatic heterocycles. The van der Waals surface area contributed by atoms with E-state index in [1.54, 1.807) is 11.3 Å². The smallest absolute Gasteiger partial charge is 0.224 e. The predicted octanol–water partition coefficient (Wildman–Crippen LogP) is 0.636. The third-order valence-electron chi connectivity index (χ3n) is 2.98. The van der Waals surface area contributed by atoms with Crippen LogP contribution in [0.5, 0.6) is 0 Å². The summed E-state index contributed by atoms with van der Waals surface area (Å²) in [5.41, 5.74) is 1.02. The van der Waals surface area contributed by atoms with E-state index in [1.165, 1.54) is 0 Å². The van der Waals surface area contributed by atoms with E-state index in [4.69, 9.17) is 0 Å². The van der Waals surface area contributed by atoms with Gasteiger partial charge in [0.2, 0.25) is 11.8 Å². The molecule has 1 aromatic rings. The number of aryl methyl sites for hydroxylation is 1. The molecular weight excluding hydrogens is 250 g/mol. The summed E-state index contributed by atoms with van der Waals surface area (Å²) in [4.78, 5) is 27.1. The number of carbonyl (C=O) groups excluding carboxylic acids is 2. The van der Waals surface area contributed by atoms with Crippen molar-refractivity contribution in [3.63, 3.8) is 0 Å². The van der Waals surface area contributed by atoms with E-state index in [0.717, 1.165) is 17.1 Å². The number of hydrogen-bond acceptors (Lipinski definition) is 4. The van der Waals surface area contributed by atoms with E-state index in [2.05, 4.69) is 15.6 Å². The lowest BCUT2D eigenvalue weighted by Gasteiger charge is -2.21. The zero-order valence-electron chi connectivity index (χ0n) is 10.4. The molecule has 18 heavy (non-hydrogen) atoms. The van der Waals surface area contributed by atoms with Gasteiger partial charge in [-0.25, -0.2) is 4.98 Å². The number of nitrogens with zero attached hydrogens (tertiary/aromatic N) is 1. The Hall–Kier alpha value is -1.43. The van der Waals surface area contributed by atoms with Gasteiger partial charge in [-0.15, -0.1) is 11.3 Å². The van der Waals surface area contributed by atoms with Crippen molar-refractivity contribution in [2.24, 2.45) is 5.92 Å². The van der Waals surface area contributed by atoms with Crippen molar-refractivity contribution in [2.45, 2.75) is 26.2 Å². The Balaban J connectivity index is 1.70. The van der Waals surface area contributed by atoms with Gasteiger partial charge in [0.1, 0.15) is 0 Å². The Morgan fingerprint density at radius 1 is 1.67 bits per heavy atom. The van der Waals surface area contributed by atoms with Crippen LogP contribution in [0, 0.1) is 12.8 Å². The third-order valence-corrected chi connectivity index (χ3v) is 3.81. The average Bonchev–Trinajstić information content (AvgIpc) is 2.76. The van der Waals surface area contributed by atoms with Crippen LogP contribution in [0.15, 0.2) is 5.38 Å². The lowest BCUT2D eigenvalue weighted by Crippen LogP contribution is -2.43. The quantitative estimate of drug-likeness (QED) is 0.841. The standard InChI is InChI=1S/C12H17N3O2S/c1-8-15-10(7-18-8)4-5-13-12(17)9-2-3-11(16)14-6-9/h7,9H,2-6H2,1H3,(H,13,17)(H,14,16)/t9-/m1/s1. The van der Waals surface area contributed by atoms with E-state index in [-0.39, 0.29) is 17.7 Å². The minimum atomic E-state index is -0.0835. The van der Waals surface area contributed by atoms with Crippen molar-refractivity contribution < 1.29 is 9.59 Å². The second-order valence-corrected chi connectivity index (χ2v) is 5.50. The number of carbonyl (C=O) groups is 2. The van der Waals surface area contributed by atoms with Crippen molar-refractivity contribution >= 4 is 23.2 Å². The summed E-state index contributed by atoms with van der Waals surface area (Å²) in [6.07, 6.45) is 1.85. The van der Waals surface area contributed by atoms with Gasteiger partial charge in [0.25, 0.3) is 0 Å². The van der Waals surface area contributed by atoms with Gasteiger partial charge in [-0.05, 0) is 13.3 Å². The Kier molecular flexibility index (Phi) is 4.30. The highest BCUT2D eigenvalue weighted by atomic mass is 32.1. The fourth-order valence-corrected chi connectivity index (χ4v) is 2.58. The van der Waals surface area contributed by atoms with Gasteiger partial charge >= 0.3 is 0 Å². The van der Waals surface area contributed by atoms with Crippen molar-refractivity contribution in [2.75, 3.05) is 13.1 Å². The molecule has 0 aromatic carbocycles. The molecule has 1 aromatic heterocycles. The molecule has 2 amide bonds. The van der Waals surface area contributed by atoms with E-state index < -0.39 is 0 Å². The Morgan fingerprint density at radius 2 is 2.50 bits per heavy atom. The minimum Gasteiger partial charge on any atom is -0.355 e. The van der Waals surface area contributed by atoms with Crippen LogP contribution in [0.2, 0.25) is 0 Å². The van der Waals surface area contributed by atoms with Crippen LogP contribution < -0.4 is 10.6 Å². The van der Waals surface area contributed by atoms with Crippen LogP contribution in [0.4, 0.5) is 0 Å². The lowest BCUT2D eigenvalue weighted by molar-refractivity contribution is -0.128. The molecule has 0 aliphatic carbocycles. The molecule has 0 spiro atoms. The number of aromatic nitrogens is 1. The van der Waals surface area contributed by atoms with Crippen molar-refractivity contribution in [3.05, 3.63) is 16.1 Å². The van der Waals surface area contributed by atoms with Crippen molar-refractivity contribution in [1.29, 1.82) is 0 Å². The predicted molar refractivity (Wildman–Crippen MR) is 69.3 cm³/mol. The summed E-state index contributed by atoms with van der Waals surface area (Å²) in [5.74, 6) is -0.0150. The highest BCUT2D eigenvalue weighted by molar-refractivity contribution is 7.09. The van der Waals surface area contributed by atoms with E-state index in [0.29, 0.717) is 25.9 Å². The number of rotatable bonds is 4. The highest BCUT2D eigenvalue weighted by Gasteiger charge is 2.23. The fourth-order valence-electron chi connectivity index (χ4n) is 1.94. The maximum atomic E-state index is 11.8. The van der Waals surface area contributed by atoms with Crippen LogP contribution in [-0.2, 0) is 16.0 Å². The van der Waals surface area contributed by atoms with Gasteiger partial charge in [-0.1, -0.05) is 0 Å². The molecule has 0 bridgehead atoms. The first-order chi connectivity index (χ1) is 8.65. The summed E-state index contributed by atoms with van der Waals surface area (Å²) in [6.45, 7) is 3.03. The lowest BCUT2D eigenvalue weighted by atomic mass is 9.98. The number of thiazole rings is 1. The molecular formula is C12H17N3O2S. The molecule has 6 heteroatoms. The molecule has 1 saturated heterocycles. The molecule has 2 rings (SSSR count). The Morgan fingerprint density at radius 3 is 3.11 bits per heavy atom. The van der Waals surface area contributed by atoms with Crippen molar-refractivity contribution in [3.8, 4) is 0 Å². The second kappa shape index (κ2) is 5.95. The summed E-state index contributed by atoms with van der Waals surface area (Å²) < 4.78 is 0. The molecule has 0 saturated carbocycles. The molecule has 2 N–H and O–H groups in total. The SMILES string of the molecule is Cc1nc(CCNC(=O)[C@@H]2CCC(=O)NC2)cs1. The van der Waals surface area contributed by atoms with E-state index >= 15 is 0 Å². The molecule has 1 fully saturated rings. The first-order valence-corrected chi connectivity index (χ1v) is 6.98. The fraction of sp³-hybridized carbons (Fsp3) is 0.583. The van der Waals surface area contributed by atoms with Gasteiger partial charge in [-0.2, -0.15) is 0 Å². The van der Waals surface area contributed by atoms with Gasteiger partial charge in [0.05, 0.1) is 16.6 Å². The maximum Gasteiger partial charge on any atom is 0.224 e. The molecule has 98 valence electrons. The molecule has 5 nitrogen and oxygen atoms in total. The van der Waals surface area contributed by atoms with Crippen LogP contribution in [0.3, 0.4) is 0 Å². The van der Waals surface area contributed by atoms with Gasteiger partial charge in [0, 0.05) is 31.3 Å². The van der Waals surface area contributed by atoms with Gasteiger partial charge in [-0.3, -0.25) is 9.59 Å². The molecule has 1 aliphatic rings. The van der Waals surface area contributed by atoms with Gasteiger partial charge in [0.15, 0.2) is 0 Å². The summed E-state index contributed by atoms with van der Waals surface area (Å²) in [5, 5.41) is 8.68.